The number of para-hydroxylation sites is 2. The molecule has 0 saturated heterocycles. The van der Waals surface area contributed by atoms with Crippen molar-refractivity contribution in [3.8, 4) is 5.75 Å². The number of aromatic nitrogens is 1. The number of benzene rings is 2. The van der Waals surface area contributed by atoms with Crippen LogP contribution in [0.3, 0.4) is 0 Å². The minimum atomic E-state index is -0.610. The molecule has 9 heteroatoms. The summed E-state index contributed by atoms with van der Waals surface area (Å²) in [6, 6.07) is 10.2. The van der Waals surface area contributed by atoms with Gasteiger partial charge in [-0.25, -0.2) is 4.79 Å². The van der Waals surface area contributed by atoms with Crippen molar-refractivity contribution in [2.75, 3.05) is 0 Å². The number of nitrogens with one attached hydrogen (secondary N) is 1. The van der Waals surface area contributed by atoms with E-state index in [1.54, 1.807) is 24.3 Å². The molecule has 9 nitrogen and oxygen atoms in total. The highest BCUT2D eigenvalue weighted by molar-refractivity contribution is 5.76. The summed E-state index contributed by atoms with van der Waals surface area (Å²) in [6.45, 7) is -0.0127. The van der Waals surface area contributed by atoms with E-state index in [1.165, 1.54) is 4.57 Å². The first-order valence-corrected chi connectivity index (χ1v) is 7.75. The number of fused-ring (bicyclic) bond motifs is 1. The molecule has 0 aliphatic rings. The van der Waals surface area contributed by atoms with E-state index < -0.39 is 22.3 Å². The van der Waals surface area contributed by atoms with Crippen molar-refractivity contribution in [1.29, 1.82) is 0 Å². The number of hydrogen-bond acceptors (Lipinski definition) is 6. The molecule has 0 aliphatic heterocycles. The molecule has 26 heavy (non-hydrogen) atoms. The van der Waals surface area contributed by atoms with Crippen LogP contribution >= 0.6 is 0 Å². The van der Waals surface area contributed by atoms with Crippen LogP contribution in [0, 0.1) is 10.1 Å². The number of nitro groups is 1. The third kappa shape index (κ3) is 3.56. The molecular weight excluding hydrogens is 342 g/mol. The molecule has 3 aromatic rings. The van der Waals surface area contributed by atoms with Gasteiger partial charge >= 0.3 is 5.76 Å². The van der Waals surface area contributed by atoms with Crippen LogP contribution in [-0.4, -0.2) is 15.4 Å². The summed E-state index contributed by atoms with van der Waals surface area (Å²) in [5.74, 6) is -1.35. The molecule has 0 bridgehead atoms. The molecule has 3 rings (SSSR count). The van der Waals surface area contributed by atoms with Crippen LogP contribution in [0.25, 0.3) is 11.1 Å². The fourth-order valence-electron chi connectivity index (χ4n) is 2.54. The Morgan fingerprint density at radius 3 is 2.77 bits per heavy atom. The molecular formula is C17H14N3O6-. The summed E-state index contributed by atoms with van der Waals surface area (Å²) in [7, 11) is 0. The number of non-ortho nitro benzene ring substituents is 1. The average molecular weight is 356 g/mol. The van der Waals surface area contributed by atoms with Crippen molar-refractivity contribution in [2.45, 2.75) is 19.5 Å². The maximum absolute atomic E-state index is 12.0. The molecule has 1 heterocycles. The van der Waals surface area contributed by atoms with Gasteiger partial charge in [0.2, 0.25) is 5.91 Å². The van der Waals surface area contributed by atoms with E-state index in [9.17, 15) is 24.8 Å². The summed E-state index contributed by atoms with van der Waals surface area (Å²) >= 11 is 0. The molecule has 0 saturated carbocycles. The van der Waals surface area contributed by atoms with E-state index in [0.717, 1.165) is 18.2 Å². The predicted molar refractivity (Wildman–Crippen MR) is 89.5 cm³/mol. The average Bonchev–Trinajstić information content (AvgIpc) is 2.94. The predicted octanol–water partition coefficient (Wildman–Crippen LogP) is 1.28. The molecule has 1 aromatic heterocycles. The molecule has 0 fully saturated rings. The van der Waals surface area contributed by atoms with Gasteiger partial charge in [-0.1, -0.05) is 18.2 Å². The maximum Gasteiger partial charge on any atom is 0.419 e. The summed E-state index contributed by atoms with van der Waals surface area (Å²) in [5.41, 5.74) is 0.931. The smallest absolute Gasteiger partial charge is 0.419 e. The van der Waals surface area contributed by atoms with Crippen molar-refractivity contribution >= 4 is 22.7 Å². The van der Waals surface area contributed by atoms with Crippen LogP contribution in [0.1, 0.15) is 12.0 Å². The third-order valence-electron chi connectivity index (χ3n) is 3.87. The van der Waals surface area contributed by atoms with Gasteiger partial charge in [-0.05, 0) is 17.7 Å². The second kappa shape index (κ2) is 7.09. The number of oxazole rings is 1. The SMILES string of the molecule is O=C(CCn1c(=O)oc2ccccc21)NCc1cc([N+](=O)[O-])ccc1[O-]. The zero-order valence-corrected chi connectivity index (χ0v) is 13.5. The van der Waals surface area contributed by atoms with Gasteiger partial charge in [0.15, 0.2) is 5.58 Å². The van der Waals surface area contributed by atoms with Gasteiger partial charge in [0.05, 0.1) is 10.4 Å². The van der Waals surface area contributed by atoms with Crippen LogP contribution in [0.2, 0.25) is 0 Å². The Morgan fingerprint density at radius 2 is 2.00 bits per heavy atom. The number of carbonyl (C=O) groups is 1. The Morgan fingerprint density at radius 1 is 1.23 bits per heavy atom. The van der Waals surface area contributed by atoms with E-state index in [0.29, 0.717) is 11.1 Å². The highest BCUT2D eigenvalue weighted by Crippen LogP contribution is 2.20. The molecule has 1 N–H and O–H groups in total. The highest BCUT2D eigenvalue weighted by atomic mass is 16.6. The van der Waals surface area contributed by atoms with Gasteiger partial charge in [0.1, 0.15) is 0 Å². The number of amides is 1. The van der Waals surface area contributed by atoms with Crippen molar-refractivity contribution in [3.05, 3.63) is 68.7 Å². The largest absolute Gasteiger partial charge is 0.872 e. The molecule has 0 aliphatic carbocycles. The molecule has 134 valence electrons. The molecule has 0 radical (unpaired) electrons. The second-order valence-electron chi connectivity index (χ2n) is 5.56. The van der Waals surface area contributed by atoms with Crippen molar-refractivity contribution in [3.63, 3.8) is 0 Å². The standard InChI is InChI=1S/C17H15N3O6/c21-14-6-5-12(20(24)25)9-11(14)10-18-16(22)7-8-19-13-3-1-2-4-15(13)26-17(19)23/h1-6,9,21H,7-8,10H2,(H,18,22)/p-1. The quantitative estimate of drug-likeness (QED) is 0.523. The third-order valence-corrected chi connectivity index (χ3v) is 3.87. The van der Waals surface area contributed by atoms with Gasteiger partial charge in [-0.2, -0.15) is 0 Å². The minimum absolute atomic E-state index is 0.00739. The normalized spacial score (nSPS) is 10.8. The van der Waals surface area contributed by atoms with Crippen molar-refractivity contribution in [2.24, 2.45) is 0 Å². The number of nitro benzene ring substituents is 1. The van der Waals surface area contributed by atoms with Crippen molar-refractivity contribution < 1.29 is 19.2 Å². The summed E-state index contributed by atoms with van der Waals surface area (Å²) in [5, 5.41) is 25.0. The van der Waals surface area contributed by atoms with Gasteiger partial charge in [0.25, 0.3) is 5.69 Å². The summed E-state index contributed by atoms with van der Waals surface area (Å²) in [4.78, 5) is 34.0. The van der Waals surface area contributed by atoms with E-state index in [-0.39, 0.29) is 30.8 Å². The molecule has 0 atom stereocenters. The fourth-order valence-corrected chi connectivity index (χ4v) is 2.54. The zero-order chi connectivity index (χ0) is 18.7. The monoisotopic (exact) mass is 356 g/mol. The lowest BCUT2D eigenvalue weighted by Crippen LogP contribution is -2.26. The topological polar surface area (TPSA) is 130 Å². The summed E-state index contributed by atoms with van der Waals surface area (Å²) in [6.07, 6.45) is -0.00739. The first-order chi connectivity index (χ1) is 12.5. The highest BCUT2D eigenvalue weighted by Gasteiger charge is 2.11. The van der Waals surface area contributed by atoms with Gasteiger partial charge in [-0.3, -0.25) is 19.5 Å². The van der Waals surface area contributed by atoms with Gasteiger partial charge < -0.3 is 14.8 Å². The molecule has 2 aromatic carbocycles. The van der Waals surface area contributed by atoms with E-state index in [2.05, 4.69) is 5.32 Å². The van der Waals surface area contributed by atoms with Crippen LogP contribution < -0.4 is 16.2 Å². The number of nitrogens with zero attached hydrogens (tertiary/aromatic N) is 2. The minimum Gasteiger partial charge on any atom is -0.872 e. The molecule has 0 spiro atoms. The Labute approximate surface area is 146 Å². The number of hydrogen-bond donors (Lipinski definition) is 1. The van der Waals surface area contributed by atoms with Crippen LogP contribution in [0.4, 0.5) is 5.69 Å². The lowest BCUT2D eigenvalue weighted by Gasteiger charge is -2.13. The van der Waals surface area contributed by atoms with Gasteiger partial charge in [-0.15, -0.1) is 5.75 Å². The Bertz CT molecular complexity index is 1040. The fraction of sp³-hybridized carbons (Fsp3) is 0.176. The van der Waals surface area contributed by atoms with Crippen LogP contribution in [0.5, 0.6) is 5.75 Å². The Balaban J connectivity index is 1.63. The number of rotatable bonds is 6. The molecule has 1 amide bonds. The summed E-state index contributed by atoms with van der Waals surface area (Å²) < 4.78 is 6.43. The van der Waals surface area contributed by atoms with Crippen LogP contribution in [-0.2, 0) is 17.9 Å². The van der Waals surface area contributed by atoms with E-state index in [1.807, 2.05) is 0 Å². The maximum atomic E-state index is 12.0. The second-order valence-corrected chi connectivity index (χ2v) is 5.56. The Kier molecular flexibility index (Phi) is 4.70. The van der Waals surface area contributed by atoms with Crippen LogP contribution in [0.15, 0.2) is 51.7 Å². The van der Waals surface area contributed by atoms with E-state index >= 15 is 0 Å². The lowest BCUT2D eigenvalue weighted by molar-refractivity contribution is -0.385. The van der Waals surface area contributed by atoms with Crippen molar-refractivity contribution in [1.82, 2.24) is 9.88 Å². The number of carbonyl (C=O) groups excluding carboxylic acids is 1. The Hall–Kier alpha value is -3.62. The first kappa shape index (κ1) is 17.2. The zero-order valence-electron chi connectivity index (χ0n) is 13.5. The number of aryl methyl sites for hydroxylation is 1. The van der Waals surface area contributed by atoms with E-state index in [4.69, 9.17) is 4.42 Å². The lowest BCUT2D eigenvalue weighted by atomic mass is 10.1. The molecule has 0 unspecified atom stereocenters. The van der Waals surface area contributed by atoms with Gasteiger partial charge in [0, 0.05) is 31.6 Å². The first-order valence-electron chi connectivity index (χ1n) is 7.75.